The molecule has 2 bridgehead atoms. The van der Waals surface area contributed by atoms with E-state index in [-0.39, 0.29) is 47.5 Å². The van der Waals surface area contributed by atoms with Gasteiger partial charge in [0.25, 0.3) is 0 Å². The van der Waals surface area contributed by atoms with Crippen molar-refractivity contribution in [2.45, 2.75) is 19.1 Å². The minimum absolute atomic E-state index is 0.0188. The van der Waals surface area contributed by atoms with Crippen LogP contribution in [0.4, 0.5) is 0 Å². The van der Waals surface area contributed by atoms with Gasteiger partial charge in [-0.15, -0.1) is 0 Å². The Morgan fingerprint density at radius 1 is 1.00 bits per heavy atom. The summed E-state index contributed by atoms with van der Waals surface area (Å²) in [6.07, 6.45) is 0.698. The van der Waals surface area contributed by atoms with E-state index in [1.807, 2.05) is 48.5 Å². The maximum absolute atomic E-state index is 12.7. The van der Waals surface area contributed by atoms with Crippen LogP contribution in [-0.2, 0) is 21.0 Å². The SMILES string of the molecule is COc1cc(C2=NO[C@H]3[C@H]4C[C@@H]([C@@H]23)[C@@H]2C(=O)N(C)C(=O)[C@H]42)ccc1OCc1ccccc1. The van der Waals surface area contributed by atoms with Crippen LogP contribution in [0.25, 0.3) is 0 Å². The lowest BCUT2D eigenvalue weighted by atomic mass is 9.71. The van der Waals surface area contributed by atoms with Crippen molar-refractivity contribution in [3.63, 3.8) is 0 Å². The topological polar surface area (TPSA) is 77.4 Å². The second-order valence-electron chi connectivity index (χ2n) is 9.06. The maximum Gasteiger partial charge on any atom is 0.233 e. The van der Waals surface area contributed by atoms with Gasteiger partial charge in [0.1, 0.15) is 12.7 Å². The third-order valence-electron chi connectivity index (χ3n) is 7.61. The number of benzene rings is 2. The van der Waals surface area contributed by atoms with Crippen LogP contribution in [0.3, 0.4) is 0 Å². The number of fused-ring (bicyclic) bond motifs is 8. The summed E-state index contributed by atoms with van der Waals surface area (Å²) >= 11 is 0. The fourth-order valence-electron chi connectivity index (χ4n) is 6.20. The van der Waals surface area contributed by atoms with Crippen molar-refractivity contribution in [2.24, 2.45) is 34.7 Å². The lowest BCUT2D eigenvalue weighted by Gasteiger charge is -2.30. The molecule has 32 heavy (non-hydrogen) atoms. The van der Waals surface area contributed by atoms with Crippen LogP contribution in [-0.4, -0.2) is 42.7 Å². The number of rotatable bonds is 5. The highest BCUT2D eigenvalue weighted by Crippen LogP contribution is 2.61. The molecule has 2 saturated carbocycles. The number of hydrogen-bond acceptors (Lipinski definition) is 6. The lowest BCUT2D eigenvalue weighted by molar-refractivity contribution is -0.139. The van der Waals surface area contributed by atoms with Crippen LogP contribution in [0.5, 0.6) is 11.5 Å². The fraction of sp³-hybridized carbons (Fsp3) is 0.400. The van der Waals surface area contributed by atoms with Gasteiger partial charge in [-0.1, -0.05) is 35.5 Å². The Morgan fingerprint density at radius 2 is 1.75 bits per heavy atom. The number of likely N-dealkylation sites (tertiary alicyclic amines) is 1. The number of ether oxygens (including phenoxy) is 2. The van der Waals surface area contributed by atoms with Crippen molar-refractivity contribution in [3.05, 3.63) is 59.7 Å². The second-order valence-corrected chi connectivity index (χ2v) is 9.06. The van der Waals surface area contributed by atoms with Crippen LogP contribution in [0, 0.1) is 29.6 Å². The molecule has 164 valence electrons. The van der Waals surface area contributed by atoms with Crippen molar-refractivity contribution in [3.8, 4) is 11.5 Å². The zero-order valence-electron chi connectivity index (χ0n) is 17.9. The normalized spacial score (nSPS) is 31.9. The summed E-state index contributed by atoms with van der Waals surface area (Å²) in [5.41, 5.74) is 2.81. The summed E-state index contributed by atoms with van der Waals surface area (Å²) < 4.78 is 11.6. The monoisotopic (exact) mass is 432 g/mol. The summed E-state index contributed by atoms with van der Waals surface area (Å²) in [5, 5.41) is 4.41. The summed E-state index contributed by atoms with van der Waals surface area (Å²) in [6, 6.07) is 15.7. The largest absolute Gasteiger partial charge is 0.493 e. The van der Waals surface area contributed by atoms with Gasteiger partial charge in [-0.3, -0.25) is 14.5 Å². The number of carbonyl (C=O) groups excluding carboxylic acids is 2. The van der Waals surface area contributed by atoms with Crippen molar-refractivity contribution in [1.82, 2.24) is 4.90 Å². The summed E-state index contributed by atoms with van der Waals surface area (Å²) in [7, 11) is 3.21. The van der Waals surface area contributed by atoms with Crippen LogP contribution in [0.1, 0.15) is 17.5 Å². The molecule has 2 aliphatic heterocycles. The standard InChI is InChI=1S/C25H24N2O5/c1-27-24(28)19-15-11-16(20(19)25(27)29)23-21(15)22(26-32-23)14-8-9-17(18(10-14)30-2)31-12-13-6-4-3-5-7-13/h3-10,15-16,19-21,23H,11-12H2,1-2H3/t15-,16+,19+,20-,21+,23+/m1/s1. The first kappa shape index (κ1) is 19.3. The van der Waals surface area contributed by atoms with E-state index < -0.39 is 0 Å². The molecule has 3 fully saturated rings. The molecule has 6 rings (SSSR count). The minimum Gasteiger partial charge on any atom is -0.493 e. The Labute approximate surface area is 185 Å². The highest BCUT2D eigenvalue weighted by molar-refractivity contribution is 6.08. The van der Waals surface area contributed by atoms with Gasteiger partial charge in [0.05, 0.1) is 24.7 Å². The van der Waals surface area contributed by atoms with E-state index >= 15 is 0 Å². The number of carbonyl (C=O) groups is 2. The molecule has 4 aliphatic rings. The Morgan fingerprint density at radius 3 is 2.50 bits per heavy atom. The Hall–Kier alpha value is -3.35. The van der Waals surface area contributed by atoms with Gasteiger partial charge in [0.15, 0.2) is 11.5 Å². The zero-order valence-corrected chi connectivity index (χ0v) is 17.9. The summed E-state index contributed by atoms with van der Waals surface area (Å²) in [6.45, 7) is 0.446. The zero-order chi connectivity index (χ0) is 22.0. The molecule has 0 N–H and O–H groups in total. The number of imide groups is 1. The van der Waals surface area contributed by atoms with E-state index in [2.05, 4.69) is 5.16 Å². The molecule has 1 saturated heterocycles. The van der Waals surface area contributed by atoms with Gasteiger partial charge in [0.2, 0.25) is 11.8 Å². The van der Waals surface area contributed by atoms with Crippen molar-refractivity contribution in [2.75, 3.05) is 14.2 Å². The number of oxime groups is 1. The van der Waals surface area contributed by atoms with Gasteiger partial charge in [0, 0.05) is 24.4 Å². The predicted molar refractivity (Wildman–Crippen MR) is 115 cm³/mol. The van der Waals surface area contributed by atoms with E-state index in [1.165, 1.54) is 4.90 Å². The number of nitrogens with zero attached hydrogens (tertiary/aromatic N) is 2. The third-order valence-corrected chi connectivity index (χ3v) is 7.61. The van der Waals surface area contributed by atoms with E-state index in [4.69, 9.17) is 14.3 Å². The molecule has 0 spiro atoms. The first-order valence-corrected chi connectivity index (χ1v) is 11.0. The van der Waals surface area contributed by atoms with Gasteiger partial charge in [-0.05, 0) is 36.1 Å². The molecule has 0 unspecified atom stereocenters. The van der Waals surface area contributed by atoms with E-state index in [1.54, 1.807) is 14.2 Å². The quantitative estimate of drug-likeness (QED) is 0.679. The average Bonchev–Trinajstić information content (AvgIpc) is 3.56. The van der Waals surface area contributed by atoms with E-state index in [0.717, 1.165) is 23.3 Å². The molecule has 0 aromatic heterocycles. The molecule has 2 aromatic carbocycles. The molecular formula is C25H24N2O5. The second kappa shape index (κ2) is 7.08. The van der Waals surface area contributed by atoms with Gasteiger partial charge < -0.3 is 14.3 Å². The van der Waals surface area contributed by atoms with Crippen LogP contribution in [0.2, 0.25) is 0 Å². The Bertz CT molecular complexity index is 1130. The fourth-order valence-corrected chi connectivity index (χ4v) is 6.20. The molecule has 7 heteroatoms. The van der Waals surface area contributed by atoms with Gasteiger partial charge in [-0.25, -0.2) is 0 Å². The number of amides is 2. The Balaban J connectivity index is 1.25. The van der Waals surface area contributed by atoms with Gasteiger partial charge in [-0.2, -0.15) is 0 Å². The summed E-state index contributed by atoms with van der Waals surface area (Å²) in [5.74, 6) is 0.803. The average molecular weight is 432 g/mol. The molecule has 0 radical (unpaired) electrons. The highest BCUT2D eigenvalue weighted by atomic mass is 16.6. The smallest absolute Gasteiger partial charge is 0.233 e. The molecule has 2 aliphatic carbocycles. The third kappa shape index (κ3) is 2.63. The molecule has 2 heterocycles. The molecule has 7 nitrogen and oxygen atoms in total. The maximum atomic E-state index is 12.7. The highest BCUT2D eigenvalue weighted by Gasteiger charge is 2.69. The van der Waals surface area contributed by atoms with Crippen molar-refractivity contribution < 1.29 is 23.9 Å². The van der Waals surface area contributed by atoms with E-state index in [9.17, 15) is 9.59 Å². The summed E-state index contributed by atoms with van der Waals surface area (Å²) in [4.78, 5) is 32.5. The van der Waals surface area contributed by atoms with E-state index in [0.29, 0.717) is 18.1 Å². The van der Waals surface area contributed by atoms with Crippen LogP contribution in [0.15, 0.2) is 53.7 Å². The minimum atomic E-state index is -0.253. The number of methoxy groups -OCH3 is 1. The molecule has 2 aromatic rings. The molecular weight excluding hydrogens is 408 g/mol. The van der Waals surface area contributed by atoms with Crippen LogP contribution >= 0.6 is 0 Å². The number of hydrogen-bond donors (Lipinski definition) is 0. The first-order chi connectivity index (χ1) is 15.6. The Kier molecular flexibility index (Phi) is 4.28. The predicted octanol–water partition coefficient (Wildman–Crippen LogP) is 2.87. The van der Waals surface area contributed by atoms with Crippen LogP contribution < -0.4 is 9.47 Å². The van der Waals surface area contributed by atoms with Crippen molar-refractivity contribution in [1.29, 1.82) is 0 Å². The van der Waals surface area contributed by atoms with Crippen molar-refractivity contribution >= 4 is 17.5 Å². The molecule has 2 amide bonds. The van der Waals surface area contributed by atoms with Gasteiger partial charge >= 0.3 is 0 Å². The lowest BCUT2D eigenvalue weighted by Crippen LogP contribution is -2.41. The first-order valence-electron chi connectivity index (χ1n) is 11.0. The molecule has 6 atom stereocenters.